The molecule has 0 amide bonds. The summed E-state index contributed by atoms with van der Waals surface area (Å²) >= 11 is 5.98. The molecule has 0 atom stereocenters. The zero-order valence-corrected chi connectivity index (χ0v) is 11.0. The number of halogens is 1. The smallest absolute Gasteiger partial charge is 0.308 e. The van der Waals surface area contributed by atoms with Gasteiger partial charge in [0.1, 0.15) is 6.61 Å². The van der Waals surface area contributed by atoms with Crippen molar-refractivity contribution in [1.29, 1.82) is 0 Å². The van der Waals surface area contributed by atoms with E-state index in [2.05, 4.69) is 6.07 Å². The molecule has 0 bridgehead atoms. The molecular weight excluding hydrogens is 236 g/mol. The highest BCUT2D eigenvalue weighted by molar-refractivity contribution is 6.30. The van der Waals surface area contributed by atoms with Gasteiger partial charge in [-0.15, -0.1) is 0 Å². The van der Waals surface area contributed by atoms with E-state index < -0.39 is 0 Å². The summed E-state index contributed by atoms with van der Waals surface area (Å²) in [7, 11) is 0. The third kappa shape index (κ3) is 2.81. The van der Waals surface area contributed by atoms with Crippen LogP contribution in [0.25, 0.3) is 0 Å². The lowest BCUT2D eigenvalue weighted by Gasteiger charge is -2.17. The number of ether oxygens (including phenoxy) is 1. The zero-order valence-electron chi connectivity index (χ0n) is 10.2. The maximum Gasteiger partial charge on any atom is 0.308 e. The normalized spacial score (nSPS) is 16.9. The molecule has 1 aliphatic rings. The van der Waals surface area contributed by atoms with Crippen LogP contribution in [0.3, 0.4) is 0 Å². The molecule has 0 aromatic heterocycles. The lowest BCUT2D eigenvalue weighted by molar-refractivity contribution is -0.148. The van der Waals surface area contributed by atoms with Crippen molar-refractivity contribution in [1.82, 2.24) is 0 Å². The molecule has 1 aromatic rings. The highest BCUT2D eigenvalue weighted by Gasteiger charge is 2.45. The Balaban J connectivity index is 2.03. The van der Waals surface area contributed by atoms with Crippen LogP contribution in [0.15, 0.2) is 24.3 Å². The summed E-state index contributed by atoms with van der Waals surface area (Å²) in [5.41, 5.74) is 1.21. The maximum atomic E-state index is 11.5. The highest BCUT2D eigenvalue weighted by Crippen LogP contribution is 2.48. The van der Waals surface area contributed by atoms with Crippen LogP contribution in [0.2, 0.25) is 5.02 Å². The molecule has 0 heterocycles. The van der Waals surface area contributed by atoms with Crippen molar-refractivity contribution >= 4 is 17.6 Å². The summed E-state index contributed by atoms with van der Waals surface area (Å²) in [5, 5.41) is 0.740. The molecule has 92 valence electrons. The topological polar surface area (TPSA) is 26.3 Å². The monoisotopic (exact) mass is 252 g/mol. The molecule has 1 aromatic carbocycles. The standard InChI is InChI=1S/C14H17ClO2/c1-10(2)13(16)17-9-14(6-7-14)11-4-3-5-12(15)8-11/h3-5,8,10H,6-7,9H2,1-2H3. The highest BCUT2D eigenvalue weighted by atomic mass is 35.5. The van der Waals surface area contributed by atoms with E-state index in [1.807, 2.05) is 32.0 Å². The Morgan fingerprint density at radius 2 is 2.18 bits per heavy atom. The van der Waals surface area contributed by atoms with Crippen LogP contribution >= 0.6 is 11.6 Å². The number of benzene rings is 1. The van der Waals surface area contributed by atoms with Crippen LogP contribution in [0.1, 0.15) is 32.3 Å². The average molecular weight is 253 g/mol. The Morgan fingerprint density at radius 1 is 1.47 bits per heavy atom. The van der Waals surface area contributed by atoms with E-state index in [4.69, 9.17) is 16.3 Å². The number of carbonyl (C=O) groups is 1. The summed E-state index contributed by atoms with van der Waals surface area (Å²) in [6.07, 6.45) is 2.14. The predicted octanol–water partition coefficient (Wildman–Crippen LogP) is 3.57. The van der Waals surface area contributed by atoms with Crippen molar-refractivity contribution in [2.75, 3.05) is 6.61 Å². The molecule has 0 spiro atoms. The number of esters is 1. The molecule has 3 heteroatoms. The van der Waals surface area contributed by atoms with Gasteiger partial charge in [0.25, 0.3) is 0 Å². The molecular formula is C14H17ClO2. The molecule has 0 unspecified atom stereocenters. The third-order valence-corrected chi connectivity index (χ3v) is 3.49. The molecule has 2 rings (SSSR count). The minimum absolute atomic E-state index is 0.0233. The molecule has 1 aliphatic carbocycles. The summed E-state index contributed by atoms with van der Waals surface area (Å²) in [5.74, 6) is -0.191. The molecule has 2 nitrogen and oxygen atoms in total. The van der Waals surface area contributed by atoms with Gasteiger partial charge in [-0.1, -0.05) is 37.6 Å². The van der Waals surface area contributed by atoms with Crippen LogP contribution in [-0.4, -0.2) is 12.6 Å². The van der Waals surface area contributed by atoms with Gasteiger partial charge in [0, 0.05) is 10.4 Å². The van der Waals surface area contributed by atoms with Crippen molar-refractivity contribution in [2.45, 2.75) is 32.1 Å². The largest absolute Gasteiger partial charge is 0.465 e. The van der Waals surface area contributed by atoms with Crippen LogP contribution in [0.4, 0.5) is 0 Å². The quantitative estimate of drug-likeness (QED) is 0.766. The Bertz CT molecular complexity index is 422. The van der Waals surface area contributed by atoms with Gasteiger partial charge < -0.3 is 4.74 Å². The van der Waals surface area contributed by atoms with Crippen molar-refractivity contribution in [3.05, 3.63) is 34.9 Å². The summed E-state index contributed by atoms with van der Waals surface area (Å²) in [6, 6.07) is 7.84. The second-order valence-corrected chi connectivity index (χ2v) is 5.49. The third-order valence-electron chi connectivity index (χ3n) is 3.25. The predicted molar refractivity (Wildman–Crippen MR) is 68.2 cm³/mol. The van der Waals surface area contributed by atoms with Crippen molar-refractivity contribution < 1.29 is 9.53 Å². The minimum Gasteiger partial charge on any atom is -0.465 e. The van der Waals surface area contributed by atoms with Gasteiger partial charge in [0.2, 0.25) is 0 Å². The van der Waals surface area contributed by atoms with Crippen LogP contribution in [0, 0.1) is 5.92 Å². The first-order valence-electron chi connectivity index (χ1n) is 5.96. The van der Waals surface area contributed by atoms with Gasteiger partial charge in [0.15, 0.2) is 0 Å². The lowest BCUT2D eigenvalue weighted by atomic mass is 9.97. The molecule has 1 saturated carbocycles. The molecule has 0 aliphatic heterocycles. The van der Waals surface area contributed by atoms with Crippen LogP contribution in [0.5, 0.6) is 0 Å². The second-order valence-electron chi connectivity index (χ2n) is 5.05. The molecule has 0 radical (unpaired) electrons. The van der Waals surface area contributed by atoms with Crippen molar-refractivity contribution in [3.63, 3.8) is 0 Å². The van der Waals surface area contributed by atoms with E-state index in [0.717, 1.165) is 17.9 Å². The fourth-order valence-electron chi connectivity index (χ4n) is 1.86. The Hall–Kier alpha value is -1.02. The zero-order chi connectivity index (χ0) is 12.5. The number of rotatable bonds is 4. The SMILES string of the molecule is CC(C)C(=O)OCC1(c2cccc(Cl)c2)CC1. The van der Waals surface area contributed by atoms with E-state index in [0.29, 0.717) is 6.61 Å². The van der Waals surface area contributed by atoms with E-state index in [1.54, 1.807) is 0 Å². The molecule has 0 N–H and O–H groups in total. The van der Waals surface area contributed by atoms with Gasteiger partial charge in [-0.05, 0) is 30.5 Å². The van der Waals surface area contributed by atoms with E-state index in [9.17, 15) is 4.79 Å². The fourth-order valence-corrected chi connectivity index (χ4v) is 2.05. The summed E-state index contributed by atoms with van der Waals surface area (Å²) < 4.78 is 5.34. The first-order chi connectivity index (χ1) is 8.03. The Kier molecular flexibility index (Phi) is 3.43. The van der Waals surface area contributed by atoms with Crippen molar-refractivity contribution in [3.8, 4) is 0 Å². The molecule has 0 saturated heterocycles. The van der Waals surface area contributed by atoms with Gasteiger partial charge in [-0.2, -0.15) is 0 Å². The maximum absolute atomic E-state index is 11.5. The van der Waals surface area contributed by atoms with E-state index in [-0.39, 0.29) is 17.3 Å². The van der Waals surface area contributed by atoms with Crippen LogP contribution in [-0.2, 0) is 14.9 Å². The van der Waals surface area contributed by atoms with Gasteiger partial charge in [-0.25, -0.2) is 0 Å². The van der Waals surface area contributed by atoms with Gasteiger partial charge in [0.05, 0.1) is 5.92 Å². The fraction of sp³-hybridized carbons (Fsp3) is 0.500. The average Bonchev–Trinajstić information content (AvgIpc) is 3.07. The Morgan fingerprint density at radius 3 is 2.71 bits per heavy atom. The van der Waals surface area contributed by atoms with Gasteiger partial charge in [-0.3, -0.25) is 4.79 Å². The summed E-state index contributed by atoms with van der Waals surface area (Å²) in [4.78, 5) is 11.5. The van der Waals surface area contributed by atoms with Crippen molar-refractivity contribution in [2.24, 2.45) is 5.92 Å². The number of hydrogen-bond donors (Lipinski definition) is 0. The second kappa shape index (κ2) is 4.69. The van der Waals surface area contributed by atoms with E-state index >= 15 is 0 Å². The number of hydrogen-bond acceptors (Lipinski definition) is 2. The first-order valence-corrected chi connectivity index (χ1v) is 6.34. The minimum atomic E-state index is -0.127. The Labute approximate surface area is 107 Å². The molecule has 17 heavy (non-hydrogen) atoms. The number of carbonyl (C=O) groups excluding carboxylic acids is 1. The van der Waals surface area contributed by atoms with Gasteiger partial charge >= 0.3 is 5.97 Å². The summed E-state index contributed by atoms with van der Waals surface area (Å²) in [6.45, 7) is 4.17. The van der Waals surface area contributed by atoms with Crippen LogP contribution < -0.4 is 0 Å². The van der Waals surface area contributed by atoms with E-state index in [1.165, 1.54) is 5.56 Å². The molecule has 1 fully saturated rings. The first kappa shape index (κ1) is 12.4. The lowest BCUT2D eigenvalue weighted by Crippen LogP contribution is -2.21.